The Hall–Kier alpha value is -1.03. The lowest BCUT2D eigenvalue weighted by molar-refractivity contribution is 0.372. The zero-order chi connectivity index (χ0) is 7.40. The molecule has 0 saturated carbocycles. The number of ether oxygens (including phenoxy) is 1. The Bertz CT molecular complexity index is 218. The molecule has 2 N–H and O–H groups in total. The van der Waals surface area contributed by atoms with Crippen molar-refractivity contribution in [3.63, 3.8) is 0 Å². The van der Waals surface area contributed by atoms with Crippen LogP contribution in [0.3, 0.4) is 0 Å². The molecule has 0 amide bonds. The molecule has 1 rings (SSSR count). The van der Waals surface area contributed by atoms with Gasteiger partial charge in [0.25, 0.3) is 0 Å². The lowest BCUT2D eigenvalue weighted by Gasteiger charge is -1.98. The fourth-order valence-corrected chi connectivity index (χ4v) is 0.605. The number of nitrogens with two attached hydrogens (primary N) is 1. The van der Waals surface area contributed by atoms with E-state index in [1.54, 1.807) is 6.07 Å². The number of nitrogens with zero attached hydrogens (tertiary/aromatic N) is 2. The summed E-state index contributed by atoms with van der Waals surface area (Å²) in [5, 5.41) is 0. The van der Waals surface area contributed by atoms with Crippen molar-refractivity contribution < 1.29 is 4.74 Å². The minimum atomic E-state index is 0.0659. The normalized spacial score (nSPS) is 9.30. The van der Waals surface area contributed by atoms with E-state index in [1.807, 2.05) is 0 Å². The molecule has 0 aromatic carbocycles. The molecule has 5 heteroatoms. The van der Waals surface area contributed by atoms with Gasteiger partial charge in [0.05, 0.1) is 0 Å². The van der Waals surface area contributed by atoms with E-state index in [4.69, 9.17) is 22.1 Å². The molecule has 0 saturated heterocycles. The molecular formula is C5H6ClN3O. The van der Waals surface area contributed by atoms with Gasteiger partial charge in [-0.1, -0.05) is 11.6 Å². The third kappa shape index (κ3) is 1.73. The Labute approximate surface area is 63.0 Å². The van der Waals surface area contributed by atoms with Gasteiger partial charge < -0.3 is 10.5 Å². The fraction of sp³-hybridized carbons (Fsp3) is 0.200. The summed E-state index contributed by atoms with van der Waals surface area (Å²) >= 11 is 5.26. The lowest BCUT2D eigenvalue weighted by Crippen LogP contribution is -1.97. The average molecular weight is 160 g/mol. The van der Waals surface area contributed by atoms with Crippen LogP contribution in [0.25, 0.3) is 0 Å². The topological polar surface area (TPSA) is 61.0 Å². The van der Waals surface area contributed by atoms with Crippen LogP contribution in [0.1, 0.15) is 0 Å². The smallest absolute Gasteiger partial charge is 0.223 e. The molecule has 54 valence electrons. The zero-order valence-corrected chi connectivity index (χ0v) is 5.88. The number of rotatable bonds is 2. The van der Waals surface area contributed by atoms with Gasteiger partial charge in [0.15, 0.2) is 6.07 Å². The maximum atomic E-state index is 5.26. The summed E-state index contributed by atoms with van der Waals surface area (Å²) < 4.78 is 4.82. The summed E-state index contributed by atoms with van der Waals surface area (Å²) in [7, 11) is 0. The van der Waals surface area contributed by atoms with Crippen LogP contribution in [-0.4, -0.2) is 16.0 Å². The number of nitrogen functional groups attached to an aromatic ring is 1. The van der Waals surface area contributed by atoms with Crippen LogP contribution >= 0.6 is 11.6 Å². The number of halogens is 1. The van der Waals surface area contributed by atoms with E-state index in [0.29, 0.717) is 5.88 Å². The van der Waals surface area contributed by atoms with E-state index in [2.05, 4.69) is 9.97 Å². The largest absolute Gasteiger partial charge is 0.461 e. The molecule has 0 aliphatic heterocycles. The van der Waals surface area contributed by atoms with Gasteiger partial charge in [-0.3, -0.25) is 0 Å². The molecule has 0 atom stereocenters. The Kier molecular flexibility index (Phi) is 2.28. The molecule has 0 unspecified atom stereocenters. The Morgan fingerprint density at radius 1 is 1.70 bits per heavy atom. The van der Waals surface area contributed by atoms with Crippen LogP contribution in [0.15, 0.2) is 12.3 Å². The highest BCUT2D eigenvalue weighted by Gasteiger charge is 1.93. The minimum absolute atomic E-state index is 0.0659. The molecule has 1 aromatic rings. The molecule has 0 radical (unpaired) electrons. The number of anilines is 1. The Morgan fingerprint density at radius 2 is 2.50 bits per heavy atom. The number of aromatic nitrogens is 2. The molecule has 4 nitrogen and oxygen atoms in total. The molecule has 1 aromatic heterocycles. The van der Waals surface area contributed by atoms with E-state index in [9.17, 15) is 0 Å². The Morgan fingerprint density at radius 3 is 3.10 bits per heavy atom. The second kappa shape index (κ2) is 3.22. The fourth-order valence-electron chi connectivity index (χ4n) is 0.493. The first-order valence-electron chi connectivity index (χ1n) is 2.60. The van der Waals surface area contributed by atoms with Crippen LogP contribution in [0, 0.1) is 0 Å². The quantitative estimate of drug-likeness (QED) is 0.644. The highest BCUT2D eigenvalue weighted by Crippen LogP contribution is 2.05. The summed E-state index contributed by atoms with van der Waals surface area (Å²) in [4.78, 5) is 7.39. The number of hydrogen-bond donors (Lipinski definition) is 1. The summed E-state index contributed by atoms with van der Waals surface area (Å²) in [6, 6.07) is 1.65. The maximum absolute atomic E-state index is 5.26. The van der Waals surface area contributed by atoms with E-state index < -0.39 is 0 Å². The summed E-state index contributed by atoms with van der Waals surface area (Å²) in [6.45, 7) is 0. The van der Waals surface area contributed by atoms with Gasteiger partial charge >= 0.3 is 0 Å². The highest BCUT2D eigenvalue weighted by molar-refractivity contribution is 6.17. The van der Waals surface area contributed by atoms with Gasteiger partial charge in [-0.05, 0) is 0 Å². The Balaban J connectivity index is 2.75. The first-order valence-corrected chi connectivity index (χ1v) is 3.13. The molecular weight excluding hydrogens is 154 g/mol. The molecule has 10 heavy (non-hydrogen) atoms. The van der Waals surface area contributed by atoms with Crippen LogP contribution < -0.4 is 10.5 Å². The number of alkyl halides is 1. The first-order chi connectivity index (χ1) is 4.83. The van der Waals surface area contributed by atoms with Gasteiger partial charge in [-0.2, -0.15) is 4.98 Å². The highest BCUT2D eigenvalue weighted by atomic mass is 35.5. The van der Waals surface area contributed by atoms with Gasteiger partial charge in [-0.15, -0.1) is 0 Å². The predicted molar refractivity (Wildman–Crippen MR) is 37.8 cm³/mol. The van der Waals surface area contributed by atoms with Crippen molar-refractivity contribution in [2.45, 2.75) is 0 Å². The predicted octanol–water partition coefficient (Wildman–Crippen LogP) is 0.634. The SMILES string of the molecule is Nc1nccc(OCCl)n1. The summed E-state index contributed by atoms with van der Waals surface area (Å²) in [5.41, 5.74) is 5.24. The van der Waals surface area contributed by atoms with Gasteiger partial charge in [0.1, 0.15) is 0 Å². The third-order valence-corrected chi connectivity index (χ3v) is 0.960. The molecule has 0 fully saturated rings. The van der Waals surface area contributed by atoms with Crippen molar-refractivity contribution in [1.82, 2.24) is 9.97 Å². The molecule has 0 aliphatic rings. The van der Waals surface area contributed by atoms with Crippen molar-refractivity contribution in [3.8, 4) is 5.88 Å². The second-order valence-electron chi connectivity index (χ2n) is 1.51. The van der Waals surface area contributed by atoms with Crippen molar-refractivity contribution in [2.75, 3.05) is 11.8 Å². The second-order valence-corrected chi connectivity index (χ2v) is 1.72. The molecule has 0 bridgehead atoms. The van der Waals surface area contributed by atoms with Gasteiger partial charge in [0, 0.05) is 12.3 Å². The van der Waals surface area contributed by atoms with Crippen molar-refractivity contribution in [3.05, 3.63) is 12.3 Å². The maximum Gasteiger partial charge on any atom is 0.223 e. The van der Waals surface area contributed by atoms with Crippen molar-refractivity contribution >= 4 is 17.5 Å². The van der Waals surface area contributed by atoms with E-state index in [1.165, 1.54) is 6.20 Å². The zero-order valence-electron chi connectivity index (χ0n) is 5.12. The van der Waals surface area contributed by atoms with Gasteiger partial charge in [0.2, 0.25) is 11.8 Å². The van der Waals surface area contributed by atoms with E-state index >= 15 is 0 Å². The van der Waals surface area contributed by atoms with Gasteiger partial charge in [-0.25, -0.2) is 4.98 Å². The van der Waals surface area contributed by atoms with Crippen LogP contribution in [-0.2, 0) is 0 Å². The van der Waals surface area contributed by atoms with Crippen molar-refractivity contribution in [2.24, 2.45) is 0 Å². The summed E-state index contributed by atoms with van der Waals surface area (Å²) in [5.74, 6) is 0.574. The van der Waals surface area contributed by atoms with E-state index in [-0.39, 0.29) is 12.0 Å². The molecule has 1 heterocycles. The average Bonchev–Trinajstić information content (AvgIpc) is 1.88. The third-order valence-electron chi connectivity index (χ3n) is 0.851. The monoisotopic (exact) mass is 159 g/mol. The standard InChI is InChI=1S/C5H6ClN3O/c6-3-10-4-1-2-8-5(7)9-4/h1-2H,3H2,(H2,7,8,9). The lowest BCUT2D eigenvalue weighted by atomic mass is 10.6. The first kappa shape index (κ1) is 7.08. The van der Waals surface area contributed by atoms with E-state index in [0.717, 1.165) is 0 Å². The summed E-state index contributed by atoms with van der Waals surface area (Å²) in [6.07, 6.45) is 1.50. The number of hydrogen-bond acceptors (Lipinski definition) is 4. The van der Waals surface area contributed by atoms with Crippen LogP contribution in [0.4, 0.5) is 5.95 Å². The van der Waals surface area contributed by atoms with Crippen molar-refractivity contribution in [1.29, 1.82) is 0 Å². The molecule has 0 aliphatic carbocycles. The molecule has 0 spiro atoms. The minimum Gasteiger partial charge on any atom is -0.461 e. The van der Waals surface area contributed by atoms with Crippen LogP contribution in [0.5, 0.6) is 5.88 Å². The van der Waals surface area contributed by atoms with Crippen LogP contribution in [0.2, 0.25) is 0 Å².